The van der Waals surface area contributed by atoms with E-state index in [-0.39, 0.29) is 11.3 Å². The largest absolute Gasteiger partial charge is 0.334 e. The van der Waals surface area contributed by atoms with Gasteiger partial charge in [0.15, 0.2) is 0 Å². The Hall–Kier alpha value is -0.610. The van der Waals surface area contributed by atoms with Gasteiger partial charge in [0.1, 0.15) is 5.01 Å². The topological polar surface area (TPSA) is 33.2 Å². The van der Waals surface area contributed by atoms with Crippen LogP contribution < -0.4 is 0 Å². The Labute approximate surface area is 91.7 Å². The summed E-state index contributed by atoms with van der Waals surface area (Å²) < 4.78 is 0. The number of rotatable bonds is 2. The summed E-state index contributed by atoms with van der Waals surface area (Å²) in [5.41, 5.74) is 1.01. The highest BCUT2D eigenvalue weighted by Gasteiger charge is 2.28. The lowest BCUT2D eigenvalue weighted by atomic mass is 10.4. The van der Waals surface area contributed by atoms with Crippen molar-refractivity contribution >= 4 is 28.8 Å². The first kappa shape index (κ1) is 9.93. The van der Waals surface area contributed by atoms with Crippen LogP contribution in [0.15, 0.2) is 5.38 Å². The molecule has 1 fully saturated rings. The third kappa shape index (κ3) is 2.07. The quantitative estimate of drug-likeness (QED) is 0.726. The Morgan fingerprint density at radius 2 is 2.57 bits per heavy atom. The average Bonchev–Trinajstić information content (AvgIpc) is 2.61. The number of aryl methyl sites for hydroxylation is 1. The van der Waals surface area contributed by atoms with E-state index in [2.05, 4.69) is 4.98 Å². The normalized spacial score (nSPS) is 22.0. The van der Waals surface area contributed by atoms with Crippen LogP contribution in [0.25, 0.3) is 0 Å². The molecule has 0 saturated carbocycles. The highest BCUT2D eigenvalue weighted by Crippen LogP contribution is 2.20. The van der Waals surface area contributed by atoms with Crippen LogP contribution in [0.5, 0.6) is 0 Å². The summed E-state index contributed by atoms with van der Waals surface area (Å²) in [5, 5.41) is 2.96. The summed E-state index contributed by atoms with van der Waals surface area (Å²) in [5.74, 6) is 0.137. The second-order valence-electron chi connectivity index (χ2n) is 3.46. The lowest BCUT2D eigenvalue weighted by Crippen LogP contribution is -2.24. The molecule has 1 unspecified atom stereocenters. The molecule has 0 aromatic carbocycles. The molecule has 0 bridgehead atoms. The highest BCUT2D eigenvalue weighted by molar-refractivity contribution is 7.09. The second kappa shape index (κ2) is 3.87. The van der Waals surface area contributed by atoms with Crippen molar-refractivity contribution in [3.8, 4) is 0 Å². The molecule has 1 amide bonds. The number of carbonyl (C=O) groups is 1. The number of likely N-dealkylation sites (tertiary alicyclic amines) is 1. The molecule has 0 radical (unpaired) electrons. The van der Waals surface area contributed by atoms with Crippen molar-refractivity contribution < 1.29 is 4.79 Å². The first-order valence-corrected chi connectivity index (χ1v) is 5.79. The molecule has 0 N–H and O–H groups in total. The summed E-state index contributed by atoms with van der Waals surface area (Å²) in [7, 11) is 0. The van der Waals surface area contributed by atoms with Gasteiger partial charge >= 0.3 is 0 Å². The third-order valence-electron chi connectivity index (χ3n) is 2.16. The van der Waals surface area contributed by atoms with Gasteiger partial charge in [-0.15, -0.1) is 22.9 Å². The molecule has 3 nitrogen and oxygen atoms in total. The maximum atomic E-state index is 11.4. The number of hydrogen-bond donors (Lipinski definition) is 0. The van der Waals surface area contributed by atoms with Crippen LogP contribution >= 0.6 is 22.9 Å². The molecular weight excluding hydrogens is 220 g/mol. The fourth-order valence-electron chi connectivity index (χ4n) is 1.52. The van der Waals surface area contributed by atoms with Gasteiger partial charge in [0, 0.05) is 24.0 Å². The van der Waals surface area contributed by atoms with Crippen molar-refractivity contribution in [2.75, 3.05) is 6.54 Å². The van der Waals surface area contributed by atoms with Crippen LogP contribution in [0.2, 0.25) is 0 Å². The maximum absolute atomic E-state index is 11.4. The molecule has 1 saturated heterocycles. The van der Waals surface area contributed by atoms with Crippen molar-refractivity contribution in [2.45, 2.75) is 25.3 Å². The van der Waals surface area contributed by atoms with Gasteiger partial charge in [-0.05, 0) is 6.92 Å². The Bertz CT molecular complexity index is 352. The van der Waals surface area contributed by atoms with Gasteiger partial charge in [-0.3, -0.25) is 4.79 Å². The van der Waals surface area contributed by atoms with Crippen LogP contribution in [0.3, 0.4) is 0 Å². The predicted octanol–water partition coefficient (Wildman–Crippen LogP) is 1.79. The predicted molar refractivity (Wildman–Crippen MR) is 56.5 cm³/mol. The van der Waals surface area contributed by atoms with Gasteiger partial charge in [0.25, 0.3) is 0 Å². The molecule has 5 heteroatoms. The zero-order valence-corrected chi connectivity index (χ0v) is 9.44. The van der Waals surface area contributed by atoms with Crippen LogP contribution in [-0.4, -0.2) is 27.7 Å². The summed E-state index contributed by atoms with van der Waals surface area (Å²) in [6.07, 6.45) is 0.464. The zero-order chi connectivity index (χ0) is 10.1. The van der Waals surface area contributed by atoms with E-state index in [1.807, 2.05) is 12.3 Å². The van der Waals surface area contributed by atoms with Gasteiger partial charge in [0.2, 0.25) is 5.91 Å². The number of aromatic nitrogens is 1. The molecule has 1 aliphatic heterocycles. The van der Waals surface area contributed by atoms with Crippen LogP contribution in [-0.2, 0) is 11.3 Å². The van der Waals surface area contributed by atoms with Crippen molar-refractivity contribution in [2.24, 2.45) is 0 Å². The Kier molecular flexibility index (Phi) is 2.74. The third-order valence-corrected chi connectivity index (χ3v) is 3.40. The van der Waals surface area contributed by atoms with Crippen LogP contribution in [0.4, 0.5) is 0 Å². The van der Waals surface area contributed by atoms with E-state index in [1.54, 1.807) is 16.2 Å². The molecule has 2 rings (SSSR count). The number of carbonyl (C=O) groups excluding carboxylic acids is 1. The van der Waals surface area contributed by atoms with E-state index in [0.29, 0.717) is 19.5 Å². The lowest BCUT2D eigenvalue weighted by molar-refractivity contribution is -0.128. The summed E-state index contributed by atoms with van der Waals surface area (Å²) in [6, 6.07) is 0. The molecule has 0 aliphatic carbocycles. The molecule has 1 aliphatic rings. The van der Waals surface area contributed by atoms with Crippen LogP contribution in [0.1, 0.15) is 17.1 Å². The van der Waals surface area contributed by atoms with Crippen molar-refractivity contribution in [1.29, 1.82) is 0 Å². The first-order chi connectivity index (χ1) is 6.65. The Morgan fingerprint density at radius 3 is 3.07 bits per heavy atom. The average molecular weight is 231 g/mol. The number of alkyl halides is 1. The number of amides is 1. The highest BCUT2D eigenvalue weighted by atomic mass is 35.5. The summed E-state index contributed by atoms with van der Waals surface area (Å²) >= 11 is 7.49. The van der Waals surface area contributed by atoms with Gasteiger partial charge < -0.3 is 4.90 Å². The fraction of sp³-hybridized carbons (Fsp3) is 0.556. The zero-order valence-electron chi connectivity index (χ0n) is 7.86. The molecule has 2 heterocycles. The SMILES string of the molecule is Cc1csc(CN2CC(Cl)CC2=O)n1. The van der Waals surface area contributed by atoms with Crippen LogP contribution in [0, 0.1) is 6.92 Å². The minimum atomic E-state index is -0.0245. The summed E-state index contributed by atoms with van der Waals surface area (Å²) in [4.78, 5) is 17.5. The van der Waals surface area contributed by atoms with Crippen molar-refractivity contribution in [3.63, 3.8) is 0 Å². The molecule has 1 atom stereocenters. The standard InChI is InChI=1S/C9H11ClN2OS/c1-6-5-14-8(11-6)4-12-3-7(10)2-9(12)13/h5,7H,2-4H2,1H3. The minimum Gasteiger partial charge on any atom is -0.334 e. The van der Waals surface area contributed by atoms with E-state index in [4.69, 9.17) is 11.6 Å². The Morgan fingerprint density at radius 1 is 1.79 bits per heavy atom. The first-order valence-electron chi connectivity index (χ1n) is 4.48. The van der Waals surface area contributed by atoms with Gasteiger partial charge in [-0.2, -0.15) is 0 Å². The lowest BCUT2D eigenvalue weighted by Gasteiger charge is -2.13. The summed E-state index contributed by atoms with van der Waals surface area (Å²) in [6.45, 7) is 3.22. The van der Waals surface area contributed by atoms with Gasteiger partial charge in [-0.25, -0.2) is 4.98 Å². The monoisotopic (exact) mass is 230 g/mol. The number of thiazole rings is 1. The van der Waals surface area contributed by atoms with E-state index >= 15 is 0 Å². The molecular formula is C9H11ClN2OS. The number of halogens is 1. The van der Waals surface area contributed by atoms with Crippen molar-refractivity contribution in [1.82, 2.24) is 9.88 Å². The fourth-order valence-corrected chi connectivity index (χ4v) is 2.60. The minimum absolute atomic E-state index is 0.0245. The second-order valence-corrected chi connectivity index (χ2v) is 5.02. The smallest absolute Gasteiger partial charge is 0.224 e. The molecule has 14 heavy (non-hydrogen) atoms. The number of nitrogens with zero attached hydrogens (tertiary/aromatic N) is 2. The van der Waals surface area contributed by atoms with Crippen molar-refractivity contribution in [3.05, 3.63) is 16.1 Å². The van der Waals surface area contributed by atoms with E-state index in [1.165, 1.54) is 0 Å². The van der Waals surface area contributed by atoms with E-state index in [0.717, 1.165) is 10.7 Å². The van der Waals surface area contributed by atoms with E-state index in [9.17, 15) is 4.79 Å². The van der Waals surface area contributed by atoms with Gasteiger partial charge in [0.05, 0.1) is 11.9 Å². The van der Waals surface area contributed by atoms with Gasteiger partial charge in [-0.1, -0.05) is 0 Å². The number of hydrogen-bond acceptors (Lipinski definition) is 3. The molecule has 1 aromatic heterocycles. The maximum Gasteiger partial charge on any atom is 0.224 e. The Balaban J connectivity index is 2.01. The molecule has 76 valence electrons. The molecule has 1 aromatic rings. The van der Waals surface area contributed by atoms with E-state index < -0.39 is 0 Å². The molecule has 0 spiro atoms.